The molecule has 1 aromatic rings. The quantitative estimate of drug-likeness (QED) is 0.753. The van der Waals surface area contributed by atoms with Crippen LogP contribution < -0.4 is 11.1 Å². The first kappa shape index (κ1) is 11.2. The Kier molecular flexibility index (Phi) is 2.78. The maximum absolute atomic E-state index is 13.2. The van der Waals surface area contributed by atoms with E-state index in [-0.39, 0.29) is 11.5 Å². The van der Waals surface area contributed by atoms with Crippen molar-refractivity contribution < 1.29 is 4.39 Å². The van der Waals surface area contributed by atoms with Crippen LogP contribution in [0.4, 0.5) is 15.8 Å². The normalized spacial score (nSPS) is 23.3. The van der Waals surface area contributed by atoms with Crippen molar-refractivity contribution in [1.29, 1.82) is 0 Å². The van der Waals surface area contributed by atoms with Gasteiger partial charge in [0.05, 0.1) is 11.4 Å². The number of nitrogen functional groups attached to an aromatic ring is 1. The molecule has 1 fully saturated rings. The van der Waals surface area contributed by atoms with Gasteiger partial charge in [0.1, 0.15) is 5.82 Å². The molecule has 2 nitrogen and oxygen atoms in total. The summed E-state index contributed by atoms with van der Waals surface area (Å²) in [5, 5.41) is 3.34. The van der Waals surface area contributed by atoms with Crippen molar-refractivity contribution in [3.63, 3.8) is 0 Å². The van der Waals surface area contributed by atoms with E-state index in [2.05, 4.69) is 19.2 Å². The minimum atomic E-state index is -0.345. The summed E-state index contributed by atoms with van der Waals surface area (Å²) >= 11 is 0. The zero-order valence-electron chi connectivity index (χ0n) is 9.89. The highest BCUT2D eigenvalue weighted by Gasteiger charge is 2.30. The van der Waals surface area contributed by atoms with E-state index in [9.17, 15) is 4.39 Å². The number of hydrogen-bond acceptors (Lipinski definition) is 2. The largest absolute Gasteiger partial charge is 0.395 e. The fourth-order valence-corrected chi connectivity index (χ4v) is 2.44. The zero-order valence-corrected chi connectivity index (χ0v) is 9.89. The third kappa shape index (κ3) is 2.29. The molecule has 0 aliphatic heterocycles. The maximum atomic E-state index is 13.2. The molecule has 1 unspecified atom stereocenters. The first-order chi connectivity index (χ1) is 7.48. The van der Waals surface area contributed by atoms with Gasteiger partial charge in [-0.05, 0) is 36.8 Å². The van der Waals surface area contributed by atoms with Crippen LogP contribution in [-0.2, 0) is 0 Å². The molecule has 0 saturated heterocycles. The van der Waals surface area contributed by atoms with Crippen molar-refractivity contribution in [3.05, 3.63) is 24.0 Å². The van der Waals surface area contributed by atoms with Gasteiger partial charge in [0.15, 0.2) is 0 Å². The van der Waals surface area contributed by atoms with Crippen molar-refractivity contribution in [2.24, 2.45) is 5.41 Å². The van der Waals surface area contributed by atoms with E-state index in [0.29, 0.717) is 11.5 Å². The van der Waals surface area contributed by atoms with E-state index in [4.69, 9.17) is 5.73 Å². The number of halogens is 1. The zero-order chi connectivity index (χ0) is 11.8. The SMILES string of the molecule is CC1(C)CCC(Nc2cccc(F)c2N)C1. The number of hydrogen-bond donors (Lipinski definition) is 2. The van der Waals surface area contributed by atoms with Gasteiger partial charge in [-0.2, -0.15) is 0 Å². The van der Waals surface area contributed by atoms with Crippen molar-refractivity contribution in [2.75, 3.05) is 11.1 Å². The molecule has 0 amide bonds. The standard InChI is InChI=1S/C13H19FN2/c1-13(2)7-6-9(8-13)16-11-5-3-4-10(14)12(11)15/h3-5,9,16H,6-8,15H2,1-2H3. The second-order valence-electron chi connectivity index (χ2n) is 5.45. The van der Waals surface area contributed by atoms with Crippen molar-refractivity contribution >= 4 is 11.4 Å². The Morgan fingerprint density at radius 2 is 2.19 bits per heavy atom. The Labute approximate surface area is 96.0 Å². The van der Waals surface area contributed by atoms with Crippen LogP contribution in [0.3, 0.4) is 0 Å². The second-order valence-corrected chi connectivity index (χ2v) is 5.45. The van der Waals surface area contributed by atoms with Gasteiger partial charge in [-0.3, -0.25) is 0 Å². The van der Waals surface area contributed by atoms with Gasteiger partial charge < -0.3 is 11.1 Å². The van der Waals surface area contributed by atoms with Crippen LogP contribution in [0.25, 0.3) is 0 Å². The molecule has 0 spiro atoms. The van der Waals surface area contributed by atoms with E-state index >= 15 is 0 Å². The molecule has 0 radical (unpaired) electrons. The molecule has 0 aromatic heterocycles. The van der Waals surface area contributed by atoms with Crippen LogP contribution in [0.5, 0.6) is 0 Å². The third-order valence-electron chi connectivity index (χ3n) is 3.38. The molecule has 88 valence electrons. The van der Waals surface area contributed by atoms with Gasteiger partial charge in [0.25, 0.3) is 0 Å². The van der Waals surface area contributed by atoms with Crippen molar-refractivity contribution in [1.82, 2.24) is 0 Å². The molecular formula is C13H19FN2. The third-order valence-corrected chi connectivity index (χ3v) is 3.38. The fraction of sp³-hybridized carbons (Fsp3) is 0.538. The average molecular weight is 222 g/mol. The molecular weight excluding hydrogens is 203 g/mol. The summed E-state index contributed by atoms with van der Waals surface area (Å²) in [5.74, 6) is -0.345. The summed E-state index contributed by atoms with van der Waals surface area (Å²) in [6.45, 7) is 4.53. The van der Waals surface area contributed by atoms with Crippen molar-refractivity contribution in [2.45, 2.75) is 39.2 Å². The summed E-state index contributed by atoms with van der Waals surface area (Å²) in [6.07, 6.45) is 3.45. The lowest BCUT2D eigenvalue weighted by molar-refractivity contribution is 0.378. The predicted molar refractivity (Wildman–Crippen MR) is 65.9 cm³/mol. The summed E-state index contributed by atoms with van der Waals surface area (Å²) in [5.41, 5.74) is 7.03. The molecule has 0 heterocycles. The smallest absolute Gasteiger partial charge is 0.148 e. The van der Waals surface area contributed by atoms with Crippen LogP contribution in [0.15, 0.2) is 18.2 Å². The predicted octanol–water partition coefficient (Wildman–Crippen LogP) is 3.40. The molecule has 1 aliphatic rings. The van der Waals surface area contributed by atoms with Gasteiger partial charge in [0.2, 0.25) is 0 Å². The van der Waals surface area contributed by atoms with Gasteiger partial charge >= 0.3 is 0 Å². The molecule has 1 atom stereocenters. The van der Waals surface area contributed by atoms with Gasteiger partial charge in [-0.25, -0.2) is 4.39 Å². The minimum absolute atomic E-state index is 0.229. The Balaban J connectivity index is 2.08. The molecule has 1 aromatic carbocycles. The van der Waals surface area contributed by atoms with E-state index < -0.39 is 0 Å². The Morgan fingerprint density at radius 1 is 1.44 bits per heavy atom. The molecule has 1 aliphatic carbocycles. The molecule has 2 rings (SSSR count). The molecule has 3 N–H and O–H groups in total. The highest BCUT2D eigenvalue weighted by molar-refractivity contribution is 5.66. The number of rotatable bonds is 2. The highest BCUT2D eigenvalue weighted by atomic mass is 19.1. The molecule has 16 heavy (non-hydrogen) atoms. The van der Waals surface area contributed by atoms with Crippen molar-refractivity contribution in [3.8, 4) is 0 Å². The number of para-hydroxylation sites is 1. The number of benzene rings is 1. The van der Waals surface area contributed by atoms with E-state index in [1.54, 1.807) is 6.07 Å². The van der Waals surface area contributed by atoms with Gasteiger partial charge in [-0.1, -0.05) is 19.9 Å². The Bertz CT molecular complexity index is 388. The van der Waals surface area contributed by atoms with E-state index in [1.165, 1.54) is 12.5 Å². The van der Waals surface area contributed by atoms with Crippen LogP contribution >= 0.6 is 0 Å². The van der Waals surface area contributed by atoms with Gasteiger partial charge in [-0.15, -0.1) is 0 Å². The average Bonchev–Trinajstić information content (AvgIpc) is 2.53. The summed E-state index contributed by atoms with van der Waals surface area (Å²) < 4.78 is 13.2. The summed E-state index contributed by atoms with van der Waals surface area (Å²) in [4.78, 5) is 0. The molecule has 0 bridgehead atoms. The van der Waals surface area contributed by atoms with Gasteiger partial charge in [0, 0.05) is 6.04 Å². The summed E-state index contributed by atoms with van der Waals surface area (Å²) in [7, 11) is 0. The van der Waals surface area contributed by atoms with Crippen LogP contribution in [-0.4, -0.2) is 6.04 Å². The fourth-order valence-electron chi connectivity index (χ4n) is 2.44. The lowest BCUT2D eigenvalue weighted by Crippen LogP contribution is -2.18. The summed E-state index contributed by atoms with van der Waals surface area (Å²) in [6, 6.07) is 5.33. The lowest BCUT2D eigenvalue weighted by Gasteiger charge is -2.19. The molecule has 1 saturated carbocycles. The van der Waals surface area contributed by atoms with Crippen LogP contribution in [0, 0.1) is 11.2 Å². The Hall–Kier alpha value is -1.25. The first-order valence-corrected chi connectivity index (χ1v) is 5.78. The number of anilines is 2. The highest BCUT2D eigenvalue weighted by Crippen LogP contribution is 2.38. The lowest BCUT2D eigenvalue weighted by atomic mass is 9.92. The number of nitrogens with two attached hydrogens (primary N) is 1. The van der Waals surface area contributed by atoms with Crippen LogP contribution in [0.1, 0.15) is 33.1 Å². The Morgan fingerprint density at radius 3 is 2.81 bits per heavy atom. The van der Waals surface area contributed by atoms with Crippen LogP contribution in [0.2, 0.25) is 0 Å². The maximum Gasteiger partial charge on any atom is 0.148 e. The van der Waals surface area contributed by atoms with E-state index in [1.807, 2.05) is 6.07 Å². The molecule has 3 heteroatoms. The topological polar surface area (TPSA) is 38.0 Å². The number of nitrogens with one attached hydrogen (secondary N) is 1. The van der Waals surface area contributed by atoms with E-state index in [0.717, 1.165) is 18.5 Å². The second kappa shape index (κ2) is 3.96. The monoisotopic (exact) mass is 222 g/mol. The minimum Gasteiger partial charge on any atom is -0.395 e. The first-order valence-electron chi connectivity index (χ1n) is 5.78.